The molecule has 1 heterocycles. The number of halogens is 1. The average molecular weight is 352 g/mol. The Labute approximate surface area is 132 Å². The summed E-state index contributed by atoms with van der Waals surface area (Å²) in [5.74, 6) is 0. The Bertz CT molecular complexity index is 548. The van der Waals surface area contributed by atoms with Crippen molar-refractivity contribution in [3.63, 3.8) is 0 Å². The summed E-state index contributed by atoms with van der Waals surface area (Å²) in [4.78, 5) is 9.46. The molecule has 0 aliphatic rings. The van der Waals surface area contributed by atoms with Gasteiger partial charge in [0.25, 0.3) is 0 Å². The van der Waals surface area contributed by atoms with Crippen molar-refractivity contribution in [2.45, 2.75) is 36.2 Å². The molecule has 0 radical (unpaired) electrons. The highest BCUT2D eigenvalue weighted by Gasteiger charge is 2.12. The summed E-state index contributed by atoms with van der Waals surface area (Å²) in [6, 6.07) is 8.63. The molecule has 2 rings (SSSR count). The molecule has 5 heteroatoms. The van der Waals surface area contributed by atoms with E-state index in [2.05, 4.69) is 63.3 Å². The van der Waals surface area contributed by atoms with E-state index in [-0.39, 0.29) is 0 Å². The second kappa shape index (κ2) is 7.76. The topological polar surface area (TPSA) is 37.8 Å². The molecule has 0 amide bonds. The third-order valence-corrected chi connectivity index (χ3v) is 4.44. The summed E-state index contributed by atoms with van der Waals surface area (Å²) in [5.41, 5.74) is 1.29. The van der Waals surface area contributed by atoms with Crippen LogP contribution in [0.3, 0.4) is 0 Å². The minimum absolute atomic E-state index is 0.316. The Hall–Kier alpha value is -0.910. The molecule has 0 fully saturated rings. The Morgan fingerprint density at radius 3 is 2.90 bits per heavy atom. The van der Waals surface area contributed by atoms with Crippen LogP contribution in [0.2, 0.25) is 0 Å². The molecule has 0 spiro atoms. The van der Waals surface area contributed by atoms with Gasteiger partial charge >= 0.3 is 0 Å². The fourth-order valence-corrected chi connectivity index (χ4v) is 3.20. The highest BCUT2D eigenvalue weighted by atomic mass is 79.9. The molecule has 106 valence electrons. The Morgan fingerprint density at radius 2 is 2.20 bits per heavy atom. The summed E-state index contributed by atoms with van der Waals surface area (Å²) < 4.78 is 1.10. The first-order chi connectivity index (χ1) is 9.70. The van der Waals surface area contributed by atoms with Gasteiger partial charge in [-0.05, 0) is 49.7 Å². The van der Waals surface area contributed by atoms with Crippen LogP contribution in [0.4, 0.5) is 0 Å². The molecule has 0 saturated heterocycles. The van der Waals surface area contributed by atoms with E-state index in [1.807, 2.05) is 6.07 Å². The zero-order valence-corrected chi connectivity index (χ0v) is 14.0. The van der Waals surface area contributed by atoms with Gasteiger partial charge in [0.15, 0.2) is 0 Å². The molecule has 3 nitrogen and oxygen atoms in total. The van der Waals surface area contributed by atoms with Crippen LogP contribution in [0.5, 0.6) is 0 Å². The van der Waals surface area contributed by atoms with Crippen molar-refractivity contribution in [1.82, 2.24) is 15.3 Å². The van der Waals surface area contributed by atoms with Crippen molar-refractivity contribution in [3.8, 4) is 0 Å². The molecule has 1 N–H and O–H groups in total. The quantitative estimate of drug-likeness (QED) is 0.780. The molecule has 20 heavy (non-hydrogen) atoms. The zero-order valence-electron chi connectivity index (χ0n) is 11.6. The highest BCUT2D eigenvalue weighted by molar-refractivity contribution is 9.10. The fraction of sp³-hybridized carbons (Fsp3) is 0.333. The minimum atomic E-state index is 0.316. The fourth-order valence-electron chi connectivity index (χ4n) is 1.87. The van der Waals surface area contributed by atoms with Gasteiger partial charge in [-0.15, -0.1) is 0 Å². The first-order valence-electron chi connectivity index (χ1n) is 6.67. The third kappa shape index (κ3) is 4.30. The van der Waals surface area contributed by atoms with Gasteiger partial charge in [-0.25, -0.2) is 9.97 Å². The third-order valence-electron chi connectivity index (χ3n) is 2.91. The van der Waals surface area contributed by atoms with E-state index in [1.54, 1.807) is 24.3 Å². The smallest absolute Gasteiger partial charge is 0.116 e. The van der Waals surface area contributed by atoms with Crippen molar-refractivity contribution in [1.29, 1.82) is 0 Å². The van der Waals surface area contributed by atoms with Gasteiger partial charge in [-0.3, -0.25) is 0 Å². The number of hydrogen-bond donors (Lipinski definition) is 1. The van der Waals surface area contributed by atoms with Gasteiger partial charge in [0.05, 0.1) is 0 Å². The minimum Gasteiger partial charge on any atom is -0.310 e. The first-order valence-corrected chi connectivity index (χ1v) is 8.28. The largest absolute Gasteiger partial charge is 0.310 e. The monoisotopic (exact) mass is 351 g/mol. The number of rotatable bonds is 6. The van der Waals surface area contributed by atoms with Crippen LogP contribution in [0.25, 0.3) is 0 Å². The van der Waals surface area contributed by atoms with Gasteiger partial charge in [0.2, 0.25) is 0 Å². The van der Waals surface area contributed by atoms with Gasteiger partial charge in [-0.2, -0.15) is 0 Å². The maximum Gasteiger partial charge on any atom is 0.116 e. The van der Waals surface area contributed by atoms with Gasteiger partial charge in [0, 0.05) is 21.6 Å². The average Bonchev–Trinajstić information content (AvgIpc) is 2.47. The van der Waals surface area contributed by atoms with Crippen LogP contribution in [-0.2, 0) is 0 Å². The number of hydrogen-bond acceptors (Lipinski definition) is 4. The molecule has 2 aromatic rings. The van der Waals surface area contributed by atoms with Crippen LogP contribution in [0.15, 0.2) is 51.2 Å². The second-order valence-corrected chi connectivity index (χ2v) is 6.49. The maximum absolute atomic E-state index is 4.28. The molecule has 0 aliphatic carbocycles. The van der Waals surface area contributed by atoms with Gasteiger partial charge in [0.1, 0.15) is 11.4 Å². The predicted octanol–water partition coefficient (Wildman–Crippen LogP) is 4.45. The lowest BCUT2D eigenvalue weighted by Gasteiger charge is -2.17. The standard InChI is InChI=1S/C15H18BrN3S/c1-3-7-18-11(2)13-9-12(16)4-5-14(13)20-15-6-8-17-10-19-15/h4-6,8-11,18H,3,7H2,1-2H3. The van der Waals surface area contributed by atoms with E-state index in [1.165, 1.54) is 10.5 Å². The van der Waals surface area contributed by atoms with Crippen LogP contribution < -0.4 is 5.32 Å². The van der Waals surface area contributed by atoms with Gasteiger partial charge < -0.3 is 5.32 Å². The lowest BCUT2D eigenvalue weighted by Crippen LogP contribution is -2.19. The summed E-state index contributed by atoms with van der Waals surface area (Å²) in [7, 11) is 0. The summed E-state index contributed by atoms with van der Waals surface area (Å²) in [6.07, 6.45) is 4.49. The molecule has 1 atom stereocenters. The van der Waals surface area contributed by atoms with Crippen molar-refractivity contribution in [2.75, 3.05) is 6.54 Å². The van der Waals surface area contributed by atoms with E-state index >= 15 is 0 Å². The van der Waals surface area contributed by atoms with Gasteiger partial charge in [-0.1, -0.05) is 34.6 Å². The molecular weight excluding hydrogens is 334 g/mol. The number of aromatic nitrogens is 2. The summed E-state index contributed by atoms with van der Waals surface area (Å²) in [5, 5.41) is 4.50. The van der Waals surface area contributed by atoms with Crippen LogP contribution in [0.1, 0.15) is 31.9 Å². The van der Waals surface area contributed by atoms with Crippen molar-refractivity contribution < 1.29 is 0 Å². The Morgan fingerprint density at radius 1 is 1.35 bits per heavy atom. The van der Waals surface area contributed by atoms with Crippen LogP contribution in [0, 0.1) is 0 Å². The van der Waals surface area contributed by atoms with E-state index in [4.69, 9.17) is 0 Å². The maximum atomic E-state index is 4.28. The van der Waals surface area contributed by atoms with E-state index in [0.717, 1.165) is 22.5 Å². The normalized spacial score (nSPS) is 12.3. The molecule has 1 unspecified atom stereocenters. The molecule has 1 aromatic carbocycles. The van der Waals surface area contributed by atoms with Crippen LogP contribution >= 0.6 is 27.7 Å². The molecule has 0 bridgehead atoms. The lowest BCUT2D eigenvalue weighted by molar-refractivity contribution is 0.563. The lowest BCUT2D eigenvalue weighted by atomic mass is 10.1. The SMILES string of the molecule is CCCNC(C)c1cc(Br)ccc1Sc1ccncn1. The molecule has 1 aromatic heterocycles. The van der Waals surface area contributed by atoms with E-state index in [0.29, 0.717) is 6.04 Å². The zero-order chi connectivity index (χ0) is 14.4. The highest BCUT2D eigenvalue weighted by Crippen LogP contribution is 2.33. The number of nitrogens with one attached hydrogen (secondary N) is 1. The van der Waals surface area contributed by atoms with Crippen molar-refractivity contribution in [3.05, 3.63) is 46.8 Å². The molecule has 0 aliphatic heterocycles. The summed E-state index contributed by atoms with van der Waals surface area (Å²) >= 11 is 5.23. The first kappa shape index (κ1) is 15.5. The number of nitrogens with zero attached hydrogens (tertiary/aromatic N) is 2. The Balaban J connectivity index is 2.23. The molecule has 0 saturated carbocycles. The predicted molar refractivity (Wildman–Crippen MR) is 87.0 cm³/mol. The second-order valence-electron chi connectivity index (χ2n) is 4.51. The number of benzene rings is 1. The van der Waals surface area contributed by atoms with E-state index < -0.39 is 0 Å². The van der Waals surface area contributed by atoms with Crippen LogP contribution in [-0.4, -0.2) is 16.5 Å². The molecular formula is C15H18BrN3S. The van der Waals surface area contributed by atoms with E-state index in [9.17, 15) is 0 Å². The van der Waals surface area contributed by atoms with Crippen molar-refractivity contribution >= 4 is 27.7 Å². The van der Waals surface area contributed by atoms with Crippen molar-refractivity contribution in [2.24, 2.45) is 0 Å². The Kier molecular flexibility index (Phi) is 6.01. The summed E-state index contributed by atoms with van der Waals surface area (Å²) in [6.45, 7) is 5.39.